The molecule has 2 aromatic carbocycles. The number of benzene rings is 2. The van der Waals surface area contributed by atoms with Crippen LogP contribution in [0.4, 0.5) is 0 Å². The molecule has 29 heavy (non-hydrogen) atoms. The van der Waals surface area contributed by atoms with E-state index in [4.69, 9.17) is 0 Å². The average molecular weight is 413 g/mol. The molecule has 0 bridgehead atoms. The van der Waals surface area contributed by atoms with Crippen molar-refractivity contribution in [3.05, 3.63) is 78.1 Å². The molecule has 152 valence electrons. The van der Waals surface area contributed by atoms with Crippen LogP contribution in [0.25, 0.3) is 11.1 Å². The number of hydrogen-bond donors (Lipinski definition) is 3. The highest BCUT2D eigenvalue weighted by Gasteiger charge is 2.27. The molecule has 6 nitrogen and oxygen atoms in total. The van der Waals surface area contributed by atoms with Crippen molar-refractivity contribution in [2.45, 2.75) is 31.7 Å². The number of β-amino-alcohol motifs (C(OH)–C–C–N with tert-alkyl or cyclic N) is 1. The molecule has 3 N–H and O–H groups in total. The van der Waals surface area contributed by atoms with Crippen LogP contribution in [-0.2, 0) is 17.9 Å². The van der Waals surface area contributed by atoms with E-state index in [-0.39, 0.29) is 24.4 Å². The Morgan fingerprint density at radius 3 is 2.66 bits per heavy atom. The molecule has 0 spiro atoms. The Bertz CT molecular complexity index is 928. The molecule has 4 rings (SSSR count). The summed E-state index contributed by atoms with van der Waals surface area (Å²) in [6, 6.07) is 18.1. The third-order valence-corrected chi connectivity index (χ3v) is 5.06. The molecular formula is C22H25ClN4O2. The second-order valence-electron chi connectivity index (χ2n) is 7.13. The lowest BCUT2D eigenvalue weighted by atomic mass is 9.98. The predicted octanol–water partition coefficient (Wildman–Crippen LogP) is 2.36. The topological polar surface area (TPSA) is 79.2 Å². The lowest BCUT2D eigenvalue weighted by molar-refractivity contribution is -0.123. The molecule has 1 amide bonds. The van der Waals surface area contributed by atoms with Gasteiger partial charge in [0.2, 0.25) is 5.91 Å². The van der Waals surface area contributed by atoms with E-state index in [0.717, 1.165) is 23.2 Å². The van der Waals surface area contributed by atoms with Gasteiger partial charge in [0.1, 0.15) is 0 Å². The molecule has 7 heteroatoms. The van der Waals surface area contributed by atoms with E-state index in [9.17, 15) is 9.90 Å². The van der Waals surface area contributed by atoms with Gasteiger partial charge in [-0.25, -0.2) is 0 Å². The summed E-state index contributed by atoms with van der Waals surface area (Å²) in [5, 5.41) is 19.9. The third-order valence-electron chi connectivity index (χ3n) is 5.06. The Morgan fingerprint density at radius 1 is 1.17 bits per heavy atom. The second-order valence-corrected chi connectivity index (χ2v) is 7.13. The summed E-state index contributed by atoms with van der Waals surface area (Å²) in [6.07, 6.45) is 3.75. The molecule has 0 saturated carbocycles. The Hall–Kier alpha value is -2.67. The first-order valence-electron chi connectivity index (χ1n) is 9.53. The smallest absolute Gasteiger partial charge is 0.237 e. The number of carbonyl (C=O) groups excluding carboxylic acids is 1. The maximum absolute atomic E-state index is 12.3. The van der Waals surface area contributed by atoms with E-state index in [1.165, 1.54) is 5.56 Å². The van der Waals surface area contributed by atoms with E-state index in [1.807, 2.05) is 35.1 Å². The van der Waals surface area contributed by atoms with Crippen LogP contribution in [0, 0.1) is 0 Å². The number of aliphatic hydroxyl groups excluding tert-OH is 1. The first-order chi connectivity index (χ1) is 13.7. The quantitative estimate of drug-likeness (QED) is 0.580. The molecule has 2 atom stereocenters. The van der Waals surface area contributed by atoms with E-state index in [1.54, 1.807) is 6.20 Å². The molecule has 0 aliphatic carbocycles. The van der Waals surface area contributed by atoms with Gasteiger partial charge in [0.05, 0.1) is 18.7 Å². The monoisotopic (exact) mass is 412 g/mol. The zero-order valence-electron chi connectivity index (χ0n) is 16.0. The predicted molar refractivity (Wildman–Crippen MR) is 115 cm³/mol. The number of aromatic nitrogens is 2. The third kappa shape index (κ3) is 5.23. The zero-order valence-corrected chi connectivity index (χ0v) is 16.8. The van der Waals surface area contributed by atoms with Crippen molar-refractivity contribution in [1.82, 2.24) is 20.4 Å². The van der Waals surface area contributed by atoms with Gasteiger partial charge in [-0.05, 0) is 34.7 Å². The van der Waals surface area contributed by atoms with E-state index < -0.39 is 6.10 Å². The lowest BCUT2D eigenvalue weighted by Gasteiger charge is -2.14. The minimum atomic E-state index is -0.441. The van der Waals surface area contributed by atoms with E-state index in [0.29, 0.717) is 19.5 Å². The maximum atomic E-state index is 12.3. The summed E-state index contributed by atoms with van der Waals surface area (Å²) in [4.78, 5) is 12.3. The molecule has 2 heterocycles. The molecule has 1 aliphatic rings. The van der Waals surface area contributed by atoms with Crippen molar-refractivity contribution >= 4 is 18.3 Å². The minimum Gasteiger partial charge on any atom is -0.392 e. The fraction of sp³-hybridized carbons (Fsp3) is 0.273. The lowest BCUT2D eigenvalue weighted by Crippen LogP contribution is -2.40. The van der Waals surface area contributed by atoms with Gasteiger partial charge in [0.25, 0.3) is 0 Å². The molecule has 1 fully saturated rings. The first kappa shape index (κ1) is 21.0. The number of rotatable bonds is 6. The van der Waals surface area contributed by atoms with E-state index in [2.05, 4.69) is 46.1 Å². The van der Waals surface area contributed by atoms with Crippen molar-refractivity contribution in [2.24, 2.45) is 0 Å². The van der Waals surface area contributed by atoms with Crippen molar-refractivity contribution in [2.75, 3.05) is 6.54 Å². The van der Waals surface area contributed by atoms with Gasteiger partial charge in [0.15, 0.2) is 0 Å². The molecule has 1 aliphatic heterocycles. The molecule has 2 unspecified atom stereocenters. The minimum absolute atomic E-state index is 0. The van der Waals surface area contributed by atoms with Crippen LogP contribution in [0.2, 0.25) is 0 Å². The van der Waals surface area contributed by atoms with Gasteiger partial charge >= 0.3 is 0 Å². The van der Waals surface area contributed by atoms with Crippen LogP contribution in [0.5, 0.6) is 0 Å². The molecular weight excluding hydrogens is 388 g/mol. The highest BCUT2D eigenvalue weighted by molar-refractivity contribution is 5.85. The van der Waals surface area contributed by atoms with Gasteiger partial charge in [-0.3, -0.25) is 9.48 Å². The first-order valence-corrected chi connectivity index (χ1v) is 9.53. The van der Waals surface area contributed by atoms with Crippen molar-refractivity contribution in [3.63, 3.8) is 0 Å². The van der Waals surface area contributed by atoms with Crippen LogP contribution in [0.1, 0.15) is 17.5 Å². The van der Waals surface area contributed by atoms with Crippen molar-refractivity contribution in [3.8, 4) is 11.1 Å². The zero-order chi connectivity index (χ0) is 19.3. The summed E-state index contributed by atoms with van der Waals surface area (Å²) in [6.45, 7) is 1.67. The van der Waals surface area contributed by atoms with Gasteiger partial charge in [0, 0.05) is 25.5 Å². The summed E-state index contributed by atoms with van der Waals surface area (Å²) >= 11 is 0. The highest BCUT2D eigenvalue weighted by atomic mass is 35.5. The van der Waals surface area contributed by atoms with Gasteiger partial charge in [-0.1, -0.05) is 48.5 Å². The van der Waals surface area contributed by atoms with Gasteiger partial charge in [-0.15, -0.1) is 12.4 Å². The molecule has 3 aromatic rings. The molecule has 1 saturated heterocycles. The normalized spacial score (nSPS) is 18.2. The summed E-state index contributed by atoms with van der Waals surface area (Å²) in [5.74, 6) is -0.0686. The van der Waals surface area contributed by atoms with Crippen molar-refractivity contribution < 1.29 is 9.90 Å². The Balaban J connectivity index is 0.00000240. The second kappa shape index (κ2) is 9.69. The largest absolute Gasteiger partial charge is 0.392 e. The maximum Gasteiger partial charge on any atom is 0.237 e. The average Bonchev–Trinajstić information content (AvgIpc) is 3.39. The van der Waals surface area contributed by atoms with Crippen LogP contribution in [-0.4, -0.2) is 39.5 Å². The standard InChI is InChI=1S/C22H24N4O2.ClH/c27-19-12-21(23-14-19)22(28)24-13-18-4-1-2-5-20(18)17-8-6-16(7-9-17)15-26-11-3-10-25-26;/h1-11,19,21,23,27H,12-15H2,(H,24,28);1H. The Kier molecular flexibility index (Phi) is 7.04. The van der Waals surface area contributed by atoms with Crippen molar-refractivity contribution in [1.29, 1.82) is 0 Å². The summed E-state index contributed by atoms with van der Waals surface area (Å²) in [7, 11) is 0. The SMILES string of the molecule is Cl.O=C(NCc1ccccc1-c1ccc(Cn2cccn2)cc1)C1CC(O)CN1. The summed E-state index contributed by atoms with van der Waals surface area (Å²) in [5.41, 5.74) is 4.47. The molecule has 0 radical (unpaired) electrons. The number of hydrogen-bond acceptors (Lipinski definition) is 4. The number of halogens is 1. The number of carbonyl (C=O) groups is 1. The van der Waals surface area contributed by atoms with Crippen LogP contribution >= 0.6 is 12.4 Å². The van der Waals surface area contributed by atoms with E-state index >= 15 is 0 Å². The Labute approximate surface area is 176 Å². The summed E-state index contributed by atoms with van der Waals surface area (Å²) < 4.78 is 1.90. The number of aliphatic hydroxyl groups is 1. The van der Waals surface area contributed by atoms with Crippen LogP contribution in [0.15, 0.2) is 67.0 Å². The number of nitrogens with one attached hydrogen (secondary N) is 2. The van der Waals surface area contributed by atoms with Crippen LogP contribution < -0.4 is 10.6 Å². The Morgan fingerprint density at radius 2 is 1.97 bits per heavy atom. The van der Waals surface area contributed by atoms with Gasteiger partial charge in [-0.2, -0.15) is 5.10 Å². The fourth-order valence-corrected chi connectivity index (χ4v) is 3.55. The number of nitrogens with zero attached hydrogens (tertiary/aromatic N) is 2. The molecule has 1 aromatic heterocycles. The van der Waals surface area contributed by atoms with Gasteiger partial charge < -0.3 is 15.7 Å². The number of amides is 1. The highest BCUT2D eigenvalue weighted by Crippen LogP contribution is 2.24. The fourth-order valence-electron chi connectivity index (χ4n) is 3.55. The van der Waals surface area contributed by atoms with Crippen LogP contribution in [0.3, 0.4) is 0 Å².